The summed E-state index contributed by atoms with van der Waals surface area (Å²) in [6, 6.07) is 0. The van der Waals surface area contributed by atoms with Crippen molar-refractivity contribution in [2.24, 2.45) is 17.3 Å². The van der Waals surface area contributed by atoms with Gasteiger partial charge in [0.05, 0.1) is 6.10 Å². The fourth-order valence-corrected chi connectivity index (χ4v) is 3.29. The molecular formula is C18H32N2O3. The normalized spacial score (nSPS) is 25.0. The van der Waals surface area contributed by atoms with E-state index in [1.54, 1.807) is 0 Å². The Morgan fingerprint density at radius 3 is 2.52 bits per heavy atom. The standard InChI is InChI=1S/C18H32N2O3/c1-18(2,3)16-14(6-5-11-23-16)12-20-15(21)7-4-10-19-17(22)13-8-9-13/h13-14,16H,4-12H2,1-3H3,(H,19,22)(H,20,21)/t14-,16-/m0/s1. The van der Waals surface area contributed by atoms with E-state index in [2.05, 4.69) is 31.4 Å². The third kappa shape index (κ3) is 6.13. The molecule has 23 heavy (non-hydrogen) atoms. The highest BCUT2D eigenvalue weighted by atomic mass is 16.5. The second kappa shape index (κ2) is 8.13. The number of carbonyl (C=O) groups is 2. The molecule has 1 saturated carbocycles. The van der Waals surface area contributed by atoms with E-state index in [4.69, 9.17) is 4.74 Å². The fourth-order valence-electron chi connectivity index (χ4n) is 3.29. The summed E-state index contributed by atoms with van der Waals surface area (Å²) >= 11 is 0. The zero-order chi connectivity index (χ0) is 16.9. The Hall–Kier alpha value is -1.10. The van der Waals surface area contributed by atoms with Gasteiger partial charge in [-0.3, -0.25) is 9.59 Å². The van der Waals surface area contributed by atoms with Crippen LogP contribution in [-0.4, -0.2) is 37.6 Å². The molecule has 0 aromatic carbocycles. The van der Waals surface area contributed by atoms with Crippen LogP contribution in [0.4, 0.5) is 0 Å². The molecule has 1 aliphatic carbocycles. The first kappa shape index (κ1) is 18.2. The minimum atomic E-state index is 0.0731. The van der Waals surface area contributed by atoms with Gasteiger partial charge in [-0.2, -0.15) is 0 Å². The van der Waals surface area contributed by atoms with Crippen molar-refractivity contribution in [1.82, 2.24) is 10.6 Å². The van der Waals surface area contributed by atoms with Gasteiger partial charge in [-0.1, -0.05) is 20.8 Å². The Morgan fingerprint density at radius 1 is 1.13 bits per heavy atom. The average molecular weight is 324 g/mol. The van der Waals surface area contributed by atoms with Crippen LogP contribution in [0.1, 0.15) is 59.3 Å². The van der Waals surface area contributed by atoms with E-state index in [9.17, 15) is 9.59 Å². The lowest BCUT2D eigenvalue weighted by Gasteiger charge is -2.40. The maximum Gasteiger partial charge on any atom is 0.223 e. The lowest BCUT2D eigenvalue weighted by Crippen LogP contribution is -2.45. The predicted octanol–water partition coefficient (Wildman–Crippen LogP) is 2.25. The maximum absolute atomic E-state index is 12.0. The average Bonchev–Trinajstić information content (AvgIpc) is 3.33. The number of ether oxygens (including phenoxy) is 1. The van der Waals surface area contributed by atoms with E-state index < -0.39 is 0 Å². The summed E-state index contributed by atoms with van der Waals surface area (Å²) in [6.07, 6.45) is 5.59. The van der Waals surface area contributed by atoms with E-state index in [1.165, 1.54) is 0 Å². The van der Waals surface area contributed by atoms with Crippen molar-refractivity contribution >= 4 is 11.8 Å². The predicted molar refractivity (Wildman–Crippen MR) is 89.9 cm³/mol. The first-order chi connectivity index (χ1) is 10.9. The summed E-state index contributed by atoms with van der Waals surface area (Å²) in [6.45, 7) is 8.70. The van der Waals surface area contributed by atoms with Crippen LogP contribution in [0.25, 0.3) is 0 Å². The van der Waals surface area contributed by atoms with Crippen molar-refractivity contribution < 1.29 is 14.3 Å². The summed E-state index contributed by atoms with van der Waals surface area (Å²) in [5, 5.41) is 5.94. The van der Waals surface area contributed by atoms with E-state index >= 15 is 0 Å². The molecule has 5 nitrogen and oxygen atoms in total. The molecule has 2 atom stereocenters. The van der Waals surface area contributed by atoms with E-state index in [0.717, 1.165) is 32.3 Å². The maximum atomic E-state index is 12.0. The zero-order valence-electron chi connectivity index (χ0n) is 14.8. The van der Waals surface area contributed by atoms with Gasteiger partial charge < -0.3 is 15.4 Å². The number of hydrogen-bond donors (Lipinski definition) is 2. The molecule has 0 unspecified atom stereocenters. The summed E-state index contributed by atoms with van der Waals surface area (Å²) in [4.78, 5) is 23.5. The minimum Gasteiger partial charge on any atom is -0.377 e. The fraction of sp³-hybridized carbons (Fsp3) is 0.889. The van der Waals surface area contributed by atoms with Gasteiger partial charge in [0, 0.05) is 38.0 Å². The molecule has 0 aromatic heterocycles. The van der Waals surface area contributed by atoms with Crippen molar-refractivity contribution in [2.45, 2.75) is 65.4 Å². The largest absolute Gasteiger partial charge is 0.377 e. The third-order valence-corrected chi connectivity index (χ3v) is 4.69. The van der Waals surface area contributed by atoms with Gasteiger partial charge in [-0.15, -0.1) is 0 Å². The first-order valence-corrected chi connectivity index (χ1v) is 9.04. The summed E-state index contributed by atoms with van der Waals surface area (Å²) in [7, 11) is 0. The number of amides is 2. The highest BCUT2D eigenvalue weighted by molar-refractivity contribution is 5.81. The van der Waals surface area contributed by atoms with Gasteiger partial charge >= 0.3 is 0 Å². The van der Waals surface area contributed by atoms with Crippen LogP contribution >= 0.6 is 0 Å². The Kier molecular flexibility index (Phi) is 6.45. The van der Waals surface area contributed by atoms with E-state index in [0.29, 0.717) is 31.8 Å². The molecule has 2 amide bonds. The molecule has 5 heteroatoms. The molecule has 1 aliphatic heterocycles. The molecule has 2 N–H and O–H groups in total. The van der Waals surface area contributed by atoms with Crippen molar-refractivity contribution in [3.8, 4) is 0 Å². The molecule has 0 bridgehead atoms. The number of carbonyl (C=O) groups excluding carboxylic acids is 2. The Balaban J connectivity index is 1.61. The topological polar surface area (TPSA) is 67.4 Å². The minimum absolute atomic E-state index is 0.0731. The highest BCUT2D eigenvalue weighted by Gasteiger charge is 2.35. The summed E-state index contributed by atoms with van der Waals surface area (Å²) < 4.78 is 5.94. The molecule has 1 saturated heterocycles. The van der Waals surface area contributed by atoms with E-state index in [-0.39, 0.29) is 29.3 Å². The Labute approximate surface area is 139 Å². The van der Waals surface area contributed by atoms with Crippen molar-refractivity contribution in [3.63, 3.8) is 0 Å². The number of hydrogen-bond acceptors (Lipinski definition) is 3. The molecule has 1 heterocycles. The Morgan fingerprint density at radius 2 is 1.87 bits per heavy atom. The van der Waals surface area contributed by atoms with Crippen molar-refractivity contribution in [1.29, 1.82) is 0 Å². The molecule has 2 fully saturated rings. The van der Waals surface area contributed by atoms with Crippen LogP contribution in [0.2, 0.25) is 0 Å². The van der Waals surface area contributed by atoms with Gasteiger partial charge in [-0.25, -0.2) is 0 Å². The van der Waals surface area contributed by atoms with Gasteiger partial charge in [-0.05, 0) is 37.5 Å². The van der Waals surface area contributed by atoms with Crippen LogP contribution in [-0.2, 0) is 14.3 Å². The van der Waals surface area contributed by atoms with Crippen molar-refractivity contribution in [2.75, 3.05) is 19.7 Å². The zero-order valence-corrected chi connectivity index (χ0v) is 14.8. The van der Waals surface area contributed by atoms with Gasteiger partial charge in [0.2, 0.25) is 11.8 Å². The monoisotopic (exact) mass is 324 g/mol. The van der Waals surface area contributed by atoms with Crippen LogP contribution in [0, 0.1) is 17.3 Å². The summed E-state index contributed by atoms with van der Waals surface area (Å²) in [5.41, 5.74) is 0.100. The van der Waals surface area contributed by atoms with Gasteiger partial charge in [0.1, 0.15) is 0 Å². The number of rotatable bonds is 7. The molecule has 2 aliphatic rings. The van der Waals surface area contributed by atoms with Gasteiger partial charge in [0.25, 0.3) is 0 Å². The van der Waals surface area contributed by atoms with Crippen LogP contribution in [0.3, 0.4) is 0 Å². The smallest absolute Gasteiger partial charge is 0.223 e. The third-order valence-electron chi connectivity index (χ3n) is 4.69. The quantitative estimate of drug-likeness (QED) is 0.706. The van der Waals surface area contributed by atoms with Crippen molar-refractivity contribution in [3.05, 3.63) is 0 Å². The second-order valence-corrected chi connectivity index (χ2v) is 8.03. The highest BCUT2D eigenvalue weighted by Crippen LogP contribution is 2.33. The molecule has 132 valence electrons. The van der Waals surface area contributed by atoms with Gasteiger partial charge in [0.15, 0.2) is 0 Å². The molecule has 2 rings (SSSR count). The lowest BCUT2D eigenvalue weighted by molar-refractivity contribution is -0.124. The van der Waals surface area contributed by atoms with Crippen LogP contribution in [0.15, 0.2) is 0 Å². The lowest BCUT2D eigenvalue weighted by atomic mass is 9.78. The Bertz CT molecular complexity index is 413. The van der Waals surface area contributed by atoms with Crippen LogP contribution in [0.5, 0.6) is 0 Å². The SMILES string of the molecule is CC(C)(C)[C@H]1OCCC[C@H]1CNC(=O)CCCNC(=O)C1CC1. The molecule has 0 radical (unpaired) electrons. The molecule has 0 spiro atoms. The van der Waals surface area contributed by atoms with E-state index in [1.807, 2.05) is 0 Å². The number of nitrogens with one attached hydrogen (secondary N) is 2. The molecular weight excluding hydrogens is 292 g/mol. The molecule has 0 aromatic rings. The second-order valence-electron chi connectivity index (χ2n) is 8.03. The summed E-state index contributed by atoms with van der Waals surface area (Å²) in [5.74, 6) is 0.855. The van der Waals surface area contributed by atoms with Crippen LogP contribution < -0.4 is 10.6 Å². The first-order valence-electron chi connectivity index (χ1n) is 9.04.